The molecule has 1 aliphatic rings. The number of H-pyrrole nitrogens is 2. The van der Waals surface area contributed by atoms with Crippen LogP contribution in [0.25, 0.3) is 43.8 Å². The third-order valence-corrected chi connectivity index (χ3v) is 7.48. The molecule has 4 heterocycles. The van der Waals surface area contributed by atoms with E-state index in [9.17, 15) is 9.18 Å². The Morgan fingerprint density at radius 1 is 1.11 bits per heavy atom. The Morgan fingerprint density at radius 3 is 2.69 bits per heavy atom. The van der Waals surface area contributed by atoms with Gasteiger partial charge in [0.05, 0.1) is 17.2 Å². The molecule has 7 nitrogen and oxygen atoms in total. The second-order valence-corrected chi connectivity index (χ2v) is 9.69. The first kappa shape index (κ1) is 21.7. The predicted molar refractivity (Wildman–Crippen MR) is 138 cm³/mol. The van der Waals surface area contributed by atoms with E-state index < -0.39 is 11.4 Å². The van der Waals surface area contributed by atoms with Gasteiger partial charge >= 0.3 is 0 Å². The summed E-state index contributed by atoms with van der Waals surface area (Å²) in [6.07, 6.45) is 5.41. The van der Waals surface area contributed by atoms with Crippen molar-refractivity contribution in [2.45, 2.75) is 38.6 Å². The Bertz CT molecular complexity index is 1650. The van der Waals surface area contributed by atoms with Gasteiger partial charge in [-0.25, -0.2) is 4.39 Å². The Labute approximate surface area is 201 Å². The maximum atomic E-state index is 14.4. The van der Waals surface area contributed by atoms with E-state index in [1.807, 2.05) is 6.07 Å². The number of rotatable bonds is 3. The van der Waals surface area contributed by atoms with Gasteiger partial charge in [-0.2, -0.15) is 5.10 Å². The largest absolute Gasteiger partial charge is 0.394 e. The third kappa shape index (κ3) is 3.39. The number of anilines is 1. The van der Waals surface area contributed by atoms with E-state index in [4.69, 9.17) is 5.73 Å². The Kier molecular flexibility index (Phi) is 5.07. The number of pyridine rings is 2. The number of likely N-dealkylation sites (tertiary alicyclic amines) is 1. The lowest BCUT2D eigenvalue weighted by Gasteiger charge is -2.35. The molecule has 2 aromatic carbocycles. The molecule has 4 N–H and O–H groups in total. The van der Waals surface area contributed by atoms with Crippen molar-refractivity contribution in [1.29, 1.82) is 0 Å². The molecule has 0 unspecified atom stereocenters. The van der Waals surface area contributed by atoms with Crippen molar-refractivity contribution < 1.29 is 4.39 Å². The highest BCUT2D eigenvalue weighted by Crippen LogP contribution is 2.41. The normalized spacial score (nSPS) is 15.7. The smallest absolute Gasteiger partial charge is 0.272 e. The van der Waals surface area contributed by atoms with Crippen molar-refractivity contribution in [2.24, 2.45) is 0 Å². The van der Waals surface area contributed by atoms with Crippen LogP contribution in [0.3, 0.4) is 0 Å². The minimum atomic E-state index is -0.404. The van der Waals surface area contributed by atoms with Crippen LogP contribution in [0.2, 0.25) is 0 Å². The molecule has 0 amide bonds. The van der Waals surface area contributed by atoms with Gasteiger partial charge in [-0.3, -0.25) is 14.9 Å². The summed E-state index contributed by atoms with van der Waals surface area (Å²) in [4.78, 5) is 23.1. The summed E-state index contributed by atoms with van der Waals surface area (Å²) < 4.78 is 14.4. The zero-order chi connectivity index (χ0) is 24.3. The van der Waals surface area contributed by atoms with E-state index in [1.54, 1.807) is 18.5 Å². The first-order chi connectivity index (χ1) is 16.9. The summed E-state index contributed by atoms with van der Waals surface area (Å²) in [7, 11) is 0. The summed E-state index contributed by atoms with van der Waals surface area (Å²) >= 11 is 0. The minimum Gasteiger partial charge on any atom is -0.394 e. The van der Waals surface area contributed by atoms with Gasteiger partial charge < -0.3 is 15.6 Å². The lowest BCUT2D eigenvalue weighted by Crippen LogP contribution is -2.37. The van der Waals surface area contributed by atoms with Crippen LogP contribution < -0.4 is 11.3 Å². The molecule has 1 aliphatic heterocycles. The van der Waals surface area contributed by atoms with Crippen LogP contribution in [0.5, 0.6) is 0 Å². The fourth-order valence-corrected chi connectivity index (χ4v) is 5.61. The number of aromatic nitrogens is 4. The van der Waals surface area contributed by atoms with Crippen LogP contribution in [-0.4, -0.2) is 44.2 Å². The van der Waals surface area contributed by atoms with Crippen LogP contribution in [0.15, 0.2) is 47.5 Å². The highest BCUT2D eigenvalue weighted by molar-refractivity contribution is 6.14. The molecule has 0 saturated carbocycles. The average molecular weight is 471 g/mol. The lowest BCUT2D eigenvalue weighted by atomic mass is 9.84. The zero-order valence-electron chi connectivity index (χ0n) is 19.7. The van der Waals surface area contributed by atoms with Crippen molar-refractivity contribution in [1.82, 2.24) is 25.1 Å². The summed E-state index contributed by atoms with van der Waals surface area (Å²) in [6.45, 7) is 6.55. The molecule has 5 aromatic rings. The van der Waals surface area contributed by atoms with Crippen molar-refractivity contribution in [3.63, 3.8) is 0 Å². The van der Waals surface area contributed by atoms with Crippen LogP contribution >= 0.6 is 0 Å². The van der Waals surface area contributed by atoms with Crippen molar-refractivity contribution in [3.8, 4) is 11.1 Å². The molecule has 178 valence electrons. The minimum absolute atomic E-state index is 0.0995. The molecule has 1 saturated heterocycles. The average Bonchev–Trinajstić information content (AvgIpc) is 3.37. The predicted octanol–water partition coefficient (Wildman–Crippen LogP) is 4.93. The van der Waals surface area contributed by atoms with Crippen molar-refractivity contribution >= 4 is 38.4 Å². The van der Waals surface area contributed by atoms with Crippen LogP contribution in [0, 0.1) is 5.82 Å². The number of nitrogens with two attached hydrogens (primary N) is 1. The van der Waals surface area contributed by atoms with Gasteiger partial charge in [0.25, 0.3) is 5.56 Å². The van der Waals surface area contributed by atoms with Gasteiger partial charge in [0.1, 0.15) is 17.0 Å². The Hall–Kier alpha value is -3.78. The molecule has 35 heavy (non-hydrogen) atoms. The maximum absolute atomic E-state index is 14.4. The van der Waals surface area contributed by atoms with Gasteiger partial charge in [-0.15, -0.1) is 0 Å². The monoisotopic (exact) mass is 470 g/mol. The molecule has 0 bridgehead atoms. The van der Waals surface area contributed by atoms with Crippen LogP contribution in [0.4, 0.5) is 10.1 Å². The van der Waals surface area contributed by atoms with Crippen LogP contribution in [0.1, 0.15) is 38.2 Å². The molecule has 3 aromatic heterocycles. The highest BCUT2D eigenvalue weighted by Gasteiger charge is 2.26. The molecule has 8 heteroatoms. The second kappa shape index (κ2) is 8.16. The van der Waals surface area contributed by atoms with E-state index in [1.165, 1.54) is 11.6 Å². The molecular weight excluding hydrogens is 443 g/mol. The molecule has 0 radical (unpaired) electrons. The molecule has 0 spiro atoms. The molecule has 1 fully saturated rings. The summed E-state index contributed by atoms with van der Waals surface area (Å²) in [5.74, 6) is -0.0389. The molecule has 0 atom stereocenters. The fourth-order valence-electron chi connectivity index (χ4n) is 5.61. The number of hydrogen-bond donors (Lipinski definition) is 3. The SMILES string of the molecule is CC(C)N1CCC(c2cc3c(-c4ccc(F)c5[nH]ncc45)c(N)c(=O)[nH]c3c3ncccc23)CC1. The maximum Gasteiger partial charge on any atom is 0.272 e. The van der Waals surface area contributed by atoms with Gasteiger partial charge in [-0.05, 0) is 75.0 Å². The highest BCUT2D eigenvalue weighted by atomic mass is 19.1. The van der Waals surface area contributed by atoms with E-state index in [0.29, 0.717) is 34.0 Å². The zero-order valence-corrected chi connectivity index (χ0v) is 19.7. The Morgan fingerprint density at radius 2 is 1.91 bits per heavy atom. The first-order valence-corrected chi connectivity index (χ1v) is 12.0. The molecular formula is C27H27FN6O. The van der Waals surface area contributed by atoms with E-state index in [0.717, 1.165) is 42.2 Å². The number of hydrogen-bond acceptors (Lipinski definition) is 5. The number of piperidine rings is 1. The van der Waals surface area contributed by atoms with Gasteiger partial charge in [-0.1, -0.05) is 12.1 Å². The van der Waals surface area contributed by atoms with E-state index in [2.05, 4.69) is 51.0 Å². The summed E-state index contributed by atoms with van der Waals surface area (Å²) in [5.41, 5.74) is 10.3. The van der Waals surface area contributed by atoms with Gasteiger partial charge in [0, 0.05) is 34.0 Å². The number of nitrogens with zero attached hydrogens (tertiary/aromatic N) is 3. The summed E-state index contributed by atoms with van der Waals surface area (Å²) in [6, 6.07) is 9.74. The standard InChI is InChI=1S/C27H27FN6O/c1-14(2)34-10-7-15(8-11-34)18-12-19-22(16-5-6-21(28)24-20(16)13-31-33-24)23(29)27(35)32-26(19)25-17(18)4-3-9-30-25/h3-6,9,12-15H,7-8,10-11,29H2,1-2H3,(H,31,33)(H,32,35). The van der Waals surface area contributed by atoms with E-state index in [-0.39, 0.29) is 11.2 Å². The number of benzene rings is 2. The van der Waals surface area contributed by atoms with Crippen LogP contribution in [-0.2, 0) is 0 Å². The Balaban J connectivity index is 1.65. The molecule has 6 rings (SSSR count). The summed E-state index contributed by atoms with van der Waals surface area (Å²) in [5, 5.41) is 9.18. The lowest BCUT2D eigenvalue weighted by molar-refractivity contribution is 0.172. The number of aromatic amines is 2. The number of fused-ring (bicyclic) bond motifs is 4. The van der Waals surface area contributed by atoms with E-state index >= 15 is 0 Å². The number of nitrogens with one attached hydrogen (secondary N) is 2. The first-order valence-electron chi connectivity index (χ1n) is 12.0. The van der Waals surface area contributed by atoms with Gasteiger partial charge in [0.15, 0.2) is 0 Å². The second-order valence-electron chi connectivity index (χ2n) is 9.69. The molecule has 0 aliphatic carbocycles. The van der Waals surface area contributed by atoms with Crippen molar-refractivity contribution in [3.05, 3.63) is 64.5 Å². The van der Waals surface area contributed by atoms with Gasteiger partial charge in [0.2, 0.25) is 0 Å². The topological polar surface area (TPSA) is 104 Å². The third-order valence-electron chi connectivity index (χ3n) is 7.48. The van der Waals surface area contributed by atoms with Crippen molar-refractivity contribution in [2.75, 3.05) is 18.8 Å². The number of halogens is 1. The fraction of sp³-hybridized carbons (Fsp3) is 0.296. The number of nitrogen functional groups attached to an aromatic ring is 1. The quantitative estimate of drug-likeness (QED) is 0.325.